The number of methoxy groups -OCH3 is 1. The van der Waals surface area contributed by atoms with Gasteiger partial charge in [-0.05, 0) is 25.0 Å². The van der Waals surface area contributed by atoms with E-state index in [1.54, 1.807) is 0 Å². The van der Waals surface area contributed by atoms with Crippen LogP contribution in [0.1, 0.15) is 36.0 Å². The first-order chi connectivity index (χ1) is 9.54. The van der Waals surface area contributed by atoms with Gasteiger partial charge in [0.05, 0.1) is 12.7 Å². The molecule has 0 aliphatic rings. The third-order valence-electron chi connectivity index (χ3n) is 2.75. The third kappa shape index (κ3) is 5.34. The zero-order valence-electron chi connectivity index (χ0n) is 11.2. The fourth-order valence-corrected chi connectivity index (χ4v) is 1.64. The molecule has 110 valence electrons. The van der Waals surface area contributed by atoms with E-state index in [1.165, 1.54) is 7.11 Å². The molecule has 0 aliphatic heterocycles. The molecule has 1 aromatic carbocycles. The summed E-state index contributed by atoms with van der Waals surface area (Å²) in [6, 6.07) is 2.82. The van der Waals surface area contributed by atoms with E-state index >= 15 is 0 Å². The fraction of sp³-hybridized carbons (Fsp3) is 0.429. The Morgan fingerprint density at radius 1 is 1.20 bits per heavy atom. The van der Waals surface area contributed by atoms with Crippen LogP contribution in [0.3, 0.4) is 0 Å². The number of nitrogens with one attached hydrogen (secondary N) is 1. The SMILES string of the molecule is COC(=O)CCCCCNC(=O)c1ccc(F)cc1F. The van der Waals surface area contributed by atoms with Gasteiger partial charge in [-0.15, -0.1) is 0 Å². The second kappa shape index (κ2) is 8.24. The van der Waals surface area contributed by atoms with Crippen LogP contribution in [-0.2, 0) is 9.53 Å². The van der Waals surface area contributed by atoms with E-state index in [-0.39, 0.29) is 11.5 Å². The number of halogens is 2. The largest absolute Gasteiger partial charge is 0.469 e. The summed E-state index contributed by atoms with van der Waals surface area (Å²) >= 11 is 0. The van der Waals surface area contributed by atoms with Crippen LogP contribution >= 0.6 is 0 Å². The Morgan fingerprint density at radius 2 is 1.95 bits per heavy atom. The van der Waals surface area contributed by atoms with Crippen molar-refractivity contribution in [1.29, 1.82) is 0 Å². The lowest BCUT2D eigenvalue weighted by Crippen LogP contribution is -2.25. The van der Waals surface area contributed by atoms with Crippen LogP contribution in [0.5, 0.6) is 0 Å². The minimum atomic E-state index is -0.881. The summed E-state index contributed by atoms with van der Waals surface area (Å²) in [6.07, 6.45) is 2.44. The molecule has 0 atom stereocenters. The van der Waals surface area contributed by atoms with E-state index in [0.717, 1.165) is 18.6 Å². The number of rotatable bonds is 7. The highest BCUT2D eigenvalue weighted by Crippen LogP contribution is 2.09. The quantitative estimate of drug-likeness (QED) is 0.618. The van der Waals surface area contributed by atoms with E-state index in [9.17, 15) is 18.4 Å². The number of hydrogen-bond donors (Lipinski definition) is 1. The van der Waals surface area contributed by atoms with Crippen LogP contribution in [0.25, 0.3) is 0 Å². The van der Waals surface area contributed by atoms with Crippen LogP contribution in [0.15, 0.2) is 18.2 Å². The highest BCUT2D eigenvalue weighted by Gasteiger charge is 2.11. The zero-order valence-corrected chi connectivity index (χ0v) is 11.2. The number of hydrogen-bond acceptors (Lipinski definition) is 3. The van der Waals surface area contributed by atoms with Crippen molar-refractivity contribution in [2.24, 2.45) is 0 Å². The monoisotopic (exact) mass is 285 g/mol. The Kier molecular flexibility index (Phi) is 6.63. The maximum absolute atomic E-state index is 13.3. The van der Waals surface area contributed by atoms with Crippen molar-refractivity contribution in [3.63, 3.8) is 0 Å². The Labute approximate surface area is 116 Å². The highest BCUT2D eigenvalue weighted by molar-refractivity contribution is 5.94. The number of benzene rings is 1. The van der Waals surface area contributed by atoms with Gasteiger partial charge in [0.1, 0.15) is 11.6 Å². The molecule has 0 aliphatic carbocycles. The minimum Gasteiger partial charge on any atom is -0.469 e. The molecular formula is C14H17F2NO3. The lowest BCUT2D eigenvalue weighted by Gasteiger charge is -2.06. The molecular weight excluding hydrogens is 268 g/mol. The van der Waals surface area contributed by atoms with Gasteiger partial charge in [0.15, 0.2) is 0 Å². The average molecular weight is 285 g/mol. The van der Waals surface area contributed by atoms with Gasteiger partial charge in [-0.25, -0.2) is 8.78 Å². The maximum atomic E-state index is 13.3. The Balaban J connectivity index is 2.25. The molecule has 1 aromatic rings. The molecule has 0 bridgehead atoms. The average Bonchev–Trinajstić information content (AvgIpc) is 2.42. The molecule has 0 unspecified atom stereocenters. The molecule has 1 rings (SSSR count). The second-order valence-electron chi connectivity index (χ2n) is 4.27. The molecule has 0 spiro atoms. The van der Waals surface area contributed by atoms with Crippen molar-refractivity contribution < 1.29 is 23.1 Å². The summed E-state index contributed by atoms with van der Waals surface area (Å²) in [4.78, 5) is 22.5. The first-order valence-electron chi connectivity index (χ1n) is 6.34. The summed E-state index contributed by atoms with van der Waals surface area (Å²) in [7, 11) is 1.33. The molecule has 0 radical (unpaired) electrons. The van der Waals surface area contributed by atoms with Gasteiger partial charge in [0, 0.05) is 19.0 Å². The van der Waals surface area contributed by atoms with Gasteiger partial charge in [0.2, 0.25) is 0 Å². The number of esters is 1. The van der Waals surface area contributed by atoms with Crippen molar-refractivity contribution in [2.45, 2.75) is 25.7 Å². The Hall–Kier alpha value is -1.98. The van der Waals surface area contributed by atoms with Crippen molar-refractivity contribution in [1.82, 2.24) is 5.32 Å². The summed E-state index contributed by atoms with van der Waals surface area (Å²) in [5, 5.41) is 2.54. The van der Waals surface area contributed by atoms with E-state index in [0.29, 0.717) is 31.9 Å². The molecule has 4 nitrogen and oxygen atoms in total. The number of ether oxygens (including phenoxy) is 1. The van der Waals surface area contributed by atoms with Gasteiger partial charge in [-0.1, -0.05) is 6.42 Å². The molecule has 1 N–H and O–H groups in total. The zero-order chi connectivity index (χ0) is 15.0. The number of unbranched alkanes of at least 4 members (excludes halogenated alkanes) is 2. The number of carbonyl (C=O) groups excluding carboxylic acids is 2. The molecule has 0 saturated carbocycles. The van der Waals surface area contributed by atoms with Crippen LogP contribution in [0, 0.1) is 11.6 Å². The maximum Gasteiger partial charge on any atom is 0.305 e. The third-order valence-corrected chi connectivity index (χ3v) is 2.75. The molecule has 0 heterocycles. The minimum absolute atomic E-state index is 0.180. The van der Waals surface area contributed by atoms with E-state index in [1.807, 2.05) is 0 Å². The lowest BCUT2D eigenvalue weighted by molar-refractivity contribution is -0.140. The molecule has 6 heteroatoms. The van der Waals surface area contributed by atoms with Crippen LogP contribution in [-0.4, -0.2) is 25.5 Å². The molecule has 0 aromatic heterocycles. The van der Waals surface area contributed by atoms with E-state index in [2.05, 4.69) is 10.1 Å². The Morgan fingerprint density at radius 3 is 2.60 bits per heavy atom. The first-order valence-corrected chi connectivity index (χ1v) is 6.34. The topological polar surface area (TPSA) is 55.4 Å². The van der Waals surface area contributed by atoms with Crippen molar-refractivity contribution in [3.05, 3.63) is 35.4 Å². The lowest BCUT2D eigenvalue weighted by atomic mass is 10.1. The summed E-state index contributed by atoms with van der Waals surface area (Å²) < 4.78 is 30.5. The van der Waals surface area contributed by atoms with Crippen LogP contribution in [0.2, 0.25) is 0 Å². The molecule has 20 heavy (non-hydrogen) atoms. The van der Waals surface area contributed by atoms with Crippen molar-refractivity contribution >= 4 is 11.9 Å². The van der Waals surface area contributed by atoms with Gasteiger partial charge < -0.3 is 10.1 Å². The van der Waals surface area contributed by atoms with E-state index in [4.69, 9.17) is 0 Å². The van der Waals surface area contributed by atoms with Gasteiger partial charge in [0.25, 0.3) is 5.91 Å². The normalized spacial score (nSPS) is 10.2. The van der Waals surface area contributed by atoms with Crippen LogP contribution in [0.4, 0.5) is 8.78 Å². The second-order valence-corrected chi connectivity index (χ2v) is 4.27. The van der Waals surface area contributed by atoms with Crippen molar-refractivity contribution in [3.8, 4) is 0 Å². The smallest absolute Gasteiger partial charge is 0.305 e. The summed E-state index contributed by atoms with van der Waals surface area (Å²) in [5.41, 5.74) is -0.180. The summed E-state index contributed by atoms with van der Waals surface area (Å²) in [5.74, 6) is -2.44. The predicted octanol–water partition coefficient (Wildman–Crippen LogP) is 2.43. The van der Waals surface area contributed by atoms with Crippen molar-refractivity contribution in [2.75, 3.05) is 13.7 Å². The fourth-order valence-electron chi connectivity index (χ4n) is 1.64. The highest BCUT2D eigenvalue weighted by atomic mass is 19.1. The first kappa shape index (κ1) is 16.1. The number of carbonyl (C=O) groups is 2. The van der Waals surface area contributed by atoms with Gasteiger partial charge in [-0.3, -0.25) is 9.59 Å². The standard InChI is InChI=1S/C14H17F2NO3/c1-20-13(18)5-3-2-4-8-17-14(19)11-7-6-10(15)9-12(11)16/h6-7,9H,2-5,8H2,1H3,(H,17,19). The van der Waals surface area contributed by atoms with Gasteiger partial charge in [-0.2, -0.15) is 0 Å². The van der Waals surface area contributed by atoms with Gasteiger partial charge >= 0.3 is 5.97 Å². The van der Waals surface area contributed by atoms with Crippen LogP contribution < -0.4 is 5.32 Å². The predicted molar refractivity (Wildman–Crippen MR) is 69.2 cm³/mol. The number of amides is 1. The Bertz CT molecular complexity index is 477. The van der Waals surface area contributed by atoms with E-state index < -0.39 is 17.5 Å². The molecule has 0 fully saturated rings. The summed E-state index contributed by atoms with van der Waals surface area (Å²) in [6.45, 7) is 0.372. The molecule has 1 amide bonds. The molecule has 0 saturated heterocycles.